The average Bonchev–Trinajstić information content (AvgIpc) is 2.70. The van der Waals surface area contributed by atoms with Crippen molar-refractivity contribution in [3.63, 3.8) is 0 Å². The van der Waals surface area contributed by atoms with Crippen molar-refractivity contribution in [1.29, 1.82) is 0 Å². The molecule has 0 amide bonds. The minimum absolute atomic E-state index is 0.334. The van der Waals surface area contributed by atoms with Crippen molar-refractivity contribution in [2.75, 3.05) is 0 Å². The van der Waals surface area contributed by atoms with Gasteiger partial charge in [0.15, 0.2) is 0 Å². The fourth-order valence-corrected chi connectivity index (χ4v) is 2.79. The van der Waals surface area contributed by atoms with E-state index in [1.165, 1.54) is 12.8 Å². The highest BCUT2D eigenvalue weighted by Gasteiger charge is 2.07. The number of carboxylic acid groups (broad SMARTS) is 1. The molecule has 0 unspecified atom stereocenters. The topological polar surface area (TPSA) is 50.2 Å². The van der Waals surface area contributed by atoms with E-state index in [2.05, 4.69) is 11.9 Å². The second-order valence-electron chi connectivity index (χ2n) is 4.05. The third kappa shape index (κ3) is 2.82. The van der Waals surface area contributed by atoms with Crippen molar-refractivity contribution in [2.24, 2.45) is 0 Å². The maximum atomic E-state index is 10.8. The number of aromatic carboxylic acids is 1. The summed E-state index contributed by atoms with van der Waals surface area (Å²) in [5, 5.41) is 10.0. The first-order valence-corrected chi connectivity index (χ1v) is 6.65. The second-order valence-corrected chi connectivity index (χ2v) is 5.17. The van der Waals surface area contributed by atoms with Crippen LogP contribution in [-0.4, -0.2) is 16.1 Å². The Balaban J connectivity index is 2.21. The van der Waals surface area contributed by atoms with E-state index in [1.807, 2.05) is 0 Å². The number of rotatable bonds is 5. The van der Waals surface area contributed by atoms with Crippen molar-refractivity contribution >= 4 is 27.5 Å². The smallest absolute Gasteiger partial charge is 0.335 e. The van der Waals surface area contributed by atoms with Gasteiger partial charge in [-0.05, 0) is 31.0 Å². The average molecular weight is 249 g/mol. The normalized spacial score (nSPS) is 10.9. The van der Waals surface area contributed by atoms with Crippen LogP contribution in [0.2, 0.25) is 0 Å². The fourth-order valence-electron chi connectivity index (χ4n) is 1.74. The van der Waals surface area contributed by atoms with Gasteiger partial charge in [-0.1, -0.05) is 19.8 Å². The summed E-state index contributed by atoms with van der Waals surface area (Å²) < 4.78 is 0.969. The number of carboxylic acids is 1. The molecular weight excluding hydrogens is 234 g/mol. The van der Waals surface area contributed by atoms with Crippen LogP contribution in [0.1, 0.15) is 41.6 Å². The van der Waals surface area contributed by atoms with E-state index < -0.39 is 5.97 Å². The van der Waals surface area contributed by atoms with E-state index >= 15 is 0 Å². The quantitative estimate of drug-likeness (QED) is 0.821. The summed E-state index contributed by atoms with van der Waals surface area (Å²) in [6.07, 6.45) is 4.57. The Bertz CT molecular complexity index is 533. The van der Waals surface area contributed by atoms with Crippen molar-refractivity contribution in [1.82, 2.24) is 4.98 Å². The van der Waals surface area contributed by atoms with E-state index in [-0.39, 0.29) is 0 Å². The lowest BCUT2D eigenvalue weighted by molar-refractivity contribution is 0.0697. The minimum atomic E-state index is -0.882. The summed E-state index contributed by atoms with van der Waals surface area (Å²) in [6.45, 7) is 2.18. The Labute approximate surface area is 104 Å². The van der Waals surface area contributed by atoms with E-state index in [0.717, 1.165) is 28.1 Å². The van der Waals surface area contributed by atoms with Crippen molar-refractivity contribution in [2.45, 2.75) is 32.6 Å². The first kappa shape index (κ1) is 12.0. The lowest BCUT2D eigenvalue weighted by Crippen LogP contribution is -1.94. The predicted molar refractivity (Wildman–Crippen MR) is 69.8 cm³/mol. The third-order valence-electron chi connectivity index (χ3n) is 2.67. The monoisotopic (exact) mass is 249 g/mol. The highest BCUT2D eigenvalue weighted by Crippen LogP contribution is 2.24. The van der Waals surface area contributed by atoms with Crippen LogP contribution in [0.3, 0.4) is 0 Å². The molecule has 1 aromatic heterocycles. The van der Waals surface area contributed by atoms with Crippen molar-refractivity contribution in [3.8, 4) is 0 Å². The number of unbranched alkanes of at least 4 members (excludes halogenated alkanes) is 2. The van der Waals surface area contributed by atoms with Crippen LogP contribution >= 0.6 is 11.3 Å². The van der Waals surface area contributed by atoms with Gasteiger partial charge in [-0.3, -0.25) is 0 Å². The van der Waals surface area contributed by atoms with Crippen LogP contribution in [0.5, 0.6) is 0 Å². The molecule has 3 nitrogen and oxygen atoms in total. The van der Waals surface area contributed by atoms with Crippen LogP contribution < -0.4 is 0 Å². The molecule has 1 heterocycles. The zero-order valence-electron chi connectivity index (χ0n) is 9.77. The molecule has 0 atom stereocenters. The van der Waals surface area contributed by atoms with Crippen LogP contribution in [0.4, 0.5) is 0 Å². The molecule has 1 N–H and O–H groups in total. The number of nitrogens with zero attached hydrogens (tertiary/aromatic N) is 1. The molecule has 0 bridgehead atoms. The molecule has 0 aliphatic rings. The molecule has 0 aliphatic heterocycles. The Kier molecular flexibility index (Phi) is 3.74. The summed E-state index contributed by atoms with van der Waals surface area (Å²) in [5.74, 6) is -0.882. The third-order valence-corrected chi connectivity index (χ3v) is 3.75. The summed E-state index contributed by atoms with van der Waals surface area (Å²) in [7, 11) is 0. The van der Waals surface area contributed by atoms with E-state index in [0.29, 0.717) is 5.56 Å². The largest absolute Gasteiger partial charge is 0.478 e. The Morgan fingerprint density at radius 3 is 2.94 bits per heavy atom. The van der Waals surface area contributed by atoms with E-state index in [9.17, 15) is 4.79 Å². The summed E-state index contributed by atoms with van der Waals surface area (Å²) >= 11 is 1.60. The SMILES string of the molecule is CCCCCc1nc2ccc(C(=O)O)cc2s1. The maximum absolute atomic E-state index is 10.8. The second kappa shape index (κ2) is 5.27. The van der Waals surface area contributed by atoms with Gasteiger partial charge >= 0.3 is 5.97 Å². The van der Waals surface area contributed by atoms with Gasteiger partial charge < -0.3 is 5.11 Å². The van der Waals surface area contributed by atoms with Gasteiger partial charge in [-0.2, -0.15) is 0 Å². The molecule has 90 valence electrons. The van der Waals surface area contributed by atoms with Gasteiger partial charge in [0, 0.05) is 0 Å². The molecule has 4 heteroatoms. The van der Waals surface area contributed by atoms with Gasteiger partial charge in [0.05, 0.1) is 20.8 Å². The van der Waals surface area contributed by atoms with Crippen LogP contribution in [0, 0.1) is 0 Å². The lowest BCUT2D eigenvalue weighted by Gasteiger charge is -1.92. The summed E-state index contributed by atoms with van der Waals surface area (Å²) in [6, 6.07) is 5.11. The highest BCUT2D eigenvalue weighted by atomic mass is 32.1. The van der Waals surface area contributed by atoms with Gasteiger partial charge in [0.25, 0.3) is 0 Å². The fraction of sp³-hybridized carbons (Fsp3) is 0.385. The molecule has 0 saturated heterocycles. The number of hydrogen-bond donors (Lipinski definition) is 1. The van der Waals surface area contributed by atoms with Gasteiger partial charge in [0.2, 0.25) is 0 Å². The first-order valence-electron chi connectivity index (χ1n) is 5.83. The Hall–Kier alpha value is -1.42. The van der Waals surface area contributed by atoms with Crippen LogP contribution in [0.25, 0.3) is 10.2 Å². The predicted octanol–water partition coefficient (Wildman–Crippen LogP) is 3.73. The van der Waals surface area contributed by atoms with Crippen molar-refractivity contribution in [3.05, 3.63) is 28.8 Å². The van der Waals surface area contributed by atoms with Crippen LogP contribution in [0.15, 0.2) is 18.2 Å². The number of aryl methyl sites for hydroxylation is 1. The number of hydrogen-bond acceptors (Lipinski definition) is 3. The first-order chi connectivity index (χ1) is 8.20. The highest BCUT2D eigenvalue weighted by molar-refractivity contribution is 7.18. The number of fused-ring (bicyclic) bond motifs is 1. The molecule has 2 rings (SSSR count). The number of carbonyl (C=O) groups is 1. The number of benzene rings is 1. The van der Waals surface area contributed by atoms with Gasteiger partial charge in [-0.15, -0.1) is 11.3 Å². The molecule has 0 spiro atoms. The molecule has 0 aliphatic carbocycles. The van der Waals surface area contributed by atoms with Gasteiger partial charge in [0.1, 0.15) is 0 Å². The number of aromatic nitrogens is 1. The zero-order chi connectivity index (χ0) is 12.3. The molecule has 1 aromatic carbocycles. The Morgan fingerprint density at radius 2 is 2.24 bits per heavy atom. The molecule has 0 saturated carbocycles. The van der Waals surface area contributed by atoms with Gasteiger partial charge in [-0.25, -0.2) is 9.78 Å². The molecule has 0 fully saturated rings. The van der Waals surface area contributed by atoms with Crippen molar-refractivity contribution < 1.29 is 9.90 Å². The molecule has 0 radical (unpaired) electrons. The van der Waals surface area contributed by atoms with E-state index in [1.54, 1.807) is 29.5 Å². The summed E-state index contributed by atoms with van der Waals surface area (Å²) in [4.78, 5) is 15.4. The molecular formula is C13H15NO2S. The number of thiazole rings is 1. The lowest BCUT2D eigenvalue weighted by atomic mass is 10.2. The zero-order valence-corrected chi connectivity index (χ0v) is 10.6. The van der Waals surface area contributed by atoms with E-state index in [4.69, 9.17) is 5.11 Å². The minimum Gasteiger partial charge on any atom is -0.478 e. The maximum Gasteiger partial charge on any atom is 0.335 e. The molecule has 17 heavy (non-hydrogen) atoms. The summed E-state index contributed by atoms with van der Waals surface area (Å²) in [5.41, 5.74) is 1.24. The molecule has 2 aromatic rings. The standard InChI is InChI=1S/C13H15NO2S/c1-2-3-4-5-12-14-10-7-6-9(13(15)16)8-11(10)17-12/h6-8H,2-5H2,1H3,(H,15,16). The Morgan fingerprint density at radius 1 is 1.41 bits per heavy atom. The van der Waals surface area contributed by atoms with Crippen LogP contribution in [-0.2, 0) is 6.42 Å².